The Bertz CT molecular complexity index is 344. The first-order valence-electron chi connectivity index (χ1n) is 6.23. The van der Waals surface area contributed by atoms with E-state index in [0.717, 1.165) is 0 Å². The van der Waals surface area contributed by atoms with E-state index in [1.54, 1.807) is 14.0 Å². The molecular formula is C12H24N4O3. The van der Waals surface area contributed by atoms with E-state index < -0.39 is 17.4 Å². The third-order valence-corrected chi connectivity index (χ3v) is 2.49. The molecule has 0 saturated heterocycles. The highest BCUT2D eigenvalue weighted by Crippen LogP contribution is 2.16. The van der Waals surface area contributed by atoms with Gasteiger partial charge in [0.05, 0.1) is 13.1 Å². The number of amides is 3. The molecule has 0 bridgehead atoms. The standard InChI is InChI=1S/C12H24N4O3/c1-8(2)5-12(3,16-10(18)7-14-4)11(19)15-6-9(13)17/h8,14H,5-7H2,1-4H3,(H2,13,17)(H,15,19)(H,16,18)/t12-/m0/s1. The summed E-state index contributed by atoms with van der Waals surface area (Å²) in [7, 11) is 1.65. The number of hydrogen-bond donors (Lipinski definition) is 4. The molecule has 0 unspecified atom stereocenters. The molecule has 0 aromatic heterocycles. The lowest BCUT2D eigenvalue weighted by atomic mass is 9.89. The lowest BCUT2D eigenvalue weighted by Crippen LogP contribution is -2.59. The lowest BCUT2D eigenvalue weighted by molar-refractivity contribution is -0.134. The van der Waals surface area contributed by atoms with Gasteiger partial charge in [0.1, 0.15) is 5.54 Å². The van der Waals surface area contributed by atoms with Crippen molar-refractivity contribution in [2.24, 2.45) is 11.7 Å². The Hall–Kier alpha value is -1.63. The summed E-state index contributed by atoms with van der Waals surface area (Å²) in [6.45, 7) is 5.41. The van der Waals surface area contributed by atoms with Crippen molar-refractivity contribution in [1.29, 1.82) is 0 Å². The molecule has 0 fully saturated rings. The fraction of sp³-hybridized carbons (Fsp3) is 0.750. The Morgan fingerprint density at radius 1 is 1.21 bits per heavy atom. The zero-order valence-corrected chi connectivity index (χ0v) is 12.0. The topological polar surface area (TPSA) is 113 Å². The van der Waals surface area contributed by atoms with Crippen LogP contribution in [0.5, 0.6) is 0 Å². The molecule has 3 amide bonds. The summed E-state index contributed by atoms with van der Waals surface area (Å²) < 4.78 is 0. The summed E-state index contributed by atoms with van der Waals surface area (Å²) >= 11 is 0. The van der Waals surface area contributed by atoms with Crippen LogP contribution in [-0.2, 0) is 14.4 Å². The van der Waals surface area contributed by atoms with E-state index in [4.69, 9.17) is 5.73 Å². The third kappa shape index (κ3) is 6.76. The van der Waals surface area contributed by atoms with Crippen molar-refractivity contribution in [1.82, 2.24) is 16.0 Å². The number of carbonyl (C=O) groups is 3. The first-order chi connectivity index (χ1) is 8.71. The highest BCUT2D eigenvalue weighted by molar-refractivity contribution is 5.93. The Balaban J connectivity index is 4.79. The molecule has 0 saturated carbocycles. The van der Waals surface area contributed by atoms with Gasteiger partial charge in [-0.3, -0.25) is 14.4 Å². The fourth-order valence-corrected chi connectivity index (χ4v) is 1.89. The van der Waals surface area contributed by atoms with Crippen LogP contribution >= 0.6 is 0 Å². The van der Waals surface area contributed by atoms with Crippen LogP contribution in [0.3, 0.4) is 0 Å². The number of primary amides is 1. The Morgan fingerprint density at radius 2 is 1.79 bits per heavy atom. The van der Waals surface area contributed by atoms with Crippen molar-refractivity contribution in [3.8, 4) is 0 Å². The van der Waals surface area contributed by atoms with Gasteiger partial charge in [0.25, 0.3) is 0 Å². The predicted molar refractivity (Wildman–Crippen MR) is 72.1 cm³/mol. The van der Waals surface area contributed by atoms with Crippen LogP contribution in [0.25, 0.3) is 0 Å². The molecule has 0 aliphatic rings. The van der Waals surface area contributed by atoms with Crippen molar-refractivity contribution in [3.63, 3.8) is 0 Å². The number of nitrogens with one attached hydrogen (secondary N) is 3. The van der Waals surface area contributed by atoms with E-state index in [0.29, 0.717) is 6.42 Å². The normalized spacial score (nSPS) is 13.7. The van der Waals surface area contributed by atoms with Gasteiger partial charge in [0, 0.05) is 0 Å². The molecule has 7 nitrogen and oxygen atoms in total. The number of rotatable bonds is 8. The minimum absolute atomic E-state index is 0.122. The molecule has 7 heteroatoms. The summed E-state index contributed by atoms with van der Waals surface area (Å²) in [6, 6.07) is 0. The van der Waals surface area contributed by atoms with Crippen molar-refractivity contribution >= 4 is 17.7 Å². The van der Waals surface area contributed by atoms with Crippen molar-refractivity contribution in [2.45, 2.75) is 32.7 Å². The fourth-order valence-electron chi connectivity index (χ4n) is 1.89. The minimum atomic E-state index is -1.06. The molecule has 0 heterocycles. The van der Waals surface area contributed by atoms with Crippen LogP contribution < -0.4 is 21.7 Å². The van der Waals surface area contributed by atoms with Crippen LogP contribution in [0, 0.1) is 5.92 Å². The summed E-state index contributed by atoms with van der Waals surface area (Å²) in [5.41, 5.74) is 3.93. The number of nitrogens with two attached hydrogens (primary N) is 1. The largest absolute Gasteiger partial charge is 0.368 e. The van der Waals surface area contributed by atoms with Gasteiger partial charge < -0.3 is 21.7 Å². The van der Waals surface area contributed by atoms with E-state index in [1.165, 1.54) is 0 Å². The molecule has 0 aromatic rings. The third-order valence-electron chi connectivity index (χ3n) is 2.49. The van der Waals surface area contributed by atoms with Crippen LogP contribution in [-0.4, -0.2) is 43.4 Å². The van der Waals surface area contributed by atoms with E-state index in [2.05, 4.69) is 16.0 Å². The first-order valence-corrected chi connectivity index (χ1v) is 6.23. The average Bonchev–Trinajstić information content (AvgIpc) is 2.24. The average molecular weight is 272 g/mol. The molecule has 5 N–H and O–H groups in total. The molecule has 1 atom stereocenters. The second-order valence-corrected chi connectivity index (χ2v) is 5.16. The molecule has 0 aliphatic heterocycles. The van der Waals surface area contributed by atoms with E-state index in [9.17, 15) is 14.4 Å². The minimum Gasteiger partial charge on any atom is -0.368 e. The molecule has 0 spiro atoms. The van der Waals surface area contributed by atoms with Crippen LogP contribution in [0.15, 0.2) is 0 Å². The maximum atomic E-state index is 12.1. The van der Waals surface area contributed by atoms with Crippen molar-refractivity contribution < 1.29 is 14.4 Å². The molecule has 110 valence electrons. The number of likely N-dealkylation sites (N-methyl/N-ethyl adjacent to an activating group) is 1. The van der Waals surface area contributed by atoms with Gasteiger partial charge >= 0.3 is 0 Å². The summed E-state index contributed by atoms with van der Waals surface area (Å²) in [5, 5.41) is 7.83. The maximum Gasteiger partial charge on any atom is 0.245 e. The molecule has 0 aliphatic carbocycles. The van der Waals surface area contributed by atoms with E-state index in [-0.39, 0.29) is 24.9 Å². The quantitative estimate of drug-likeness (QED) is 0.441. The maximum absolute atomic E-state index is 12.1. The lowest BCUT2D eigenvalue weighted by Gasteiger charge is -2.31. The molecule has 0 aromatic carbocycles. The Morgan fingerprint density at radius 3 is 2.21 bits per heavy atom. The molecule has 0 radical (unpaired) electrons. The SMILES string of the molecule is CNCC(=O)N[C@@](C)(CC(C)C)C(=O)NCC(N)=O. The molecular weight excluding hydrogens is 248 g/mol. The van der Waals surface area contributed by atoms with Crippen molar-refractivity contribution in [2.75, 3.05) is 20.1 Å². The van der Waals surface area contributed by atoms with Gasteiger partial charge in [-0.2, -0.15) is 0 Å². The molecule has 0 rings (SSSR count). The second kappa shape index (κ2) is 7.73. The number of carbonyl (C=O) groups excluding carboxylic acids is 3. The summed E-state index contributed by atoms with van der Waals surface area (Å²) in [4.78, 5) is 34.4. The summed E-state index contributed by atoms with van der Waals surface area (Å²) in [5.74, 6) is -1.11. The van der Waals surface area contributed by atoms with Gasteiger partial charge in [-0.05, 0) is 26.3 Å². The smallest absolute Gasteiger partial charge is 0.245 e. The number of hydrogen-bond acceptors (Lipinski definition) is 4. The van der Waals surface area contributed by atoms with Crippen LogP contribution in [0.1, 0.15) is 27.2 Å². The van der Waals surface area contributed by atoms with E-state index in [1.807, 2.05) is 13.8 Å². The van der Waals surface area contributed by atoms with Crippen LogP contribution in [0.2, 0.25) is 0 Å². The zero-order valence-electron chi connectivity index (χ0n) is 12.0. The van der Waals surface area contributed by atoms with Crippen LogP contribution in [0.4, 0.5) is 0 Å². The Kier molecular flexibility index (Phi) is 7.06. The second-order valence-electron chi connectivity index (χ2n) is 5.16. The van der Waals surface area contributed by atoms with Gasteiger partial charge in [-0.1, -0.05) is 13.8 Å². The van der Waals surface area contributed by atoms with Gasteiger partial charge in [0.2, 0.25) is 17.7 Å². The summed E-state index contributed by atoms with van der Waals surface area (Å²) in [6.07, 6.45) is 0.465. The monoisotopic (exact) mass is 272 g/mol. The van der Waals surface area contributed by atoms with Gasteiger partial charge in [-0.15, -0.1) is 0 Å². The van der Waals surface area contributed by atoms with E-state index >= 15 is 0 Å². The Labute approximate surface area is 113 Å². The van der Waals surface area contributed by atoms with Gasteiger partial charge in [0.15, 0.2) is 0 Å². The highest BCUT2D eigenvalue weighted by Gasteiger charge is 2.35. The first kappa shape index (κ1) is 17.4. The zero-order chi connectivity index (χ0) is 15.1. The predicted octanol–water partition coefficient (Wildman–Crippen LogP) is -1.27. The highest BCUT2D eigenvalue weighted by atomic mass is 16.2. The van der Waals surface area contributed by atoms with Gasteiger partial charge in [-0.25, -0.2) is 0 Å². The molecule has 19 heavy (non-hydrogen) atoms. The van der Waals surface area contributed by atoms with Crippen molar-refractivity contribution in [3.05, 3.63) is 0 Å².